The Labute approximate surface area is 340 Å². The fourth-order valence-electron chi connectivity index (χ4n) is 9.32. The molecule has 0 fully saturated rings. The third-order valence-corrected chi connectivity index (χ3v) is 11.8. The summed E-state index contributed by atoms with van der Waals surface area (Å²) in [6, 6.07) is 49.2. The normalized spacial score (nSPS) is 14.6. The van der Waals surface area contributed by atoms with E-state index in [1.54, 1.807) is 0 Å². The Bertz CT molecular complexity index is 2590. The first-order valence-corrected chi connectivity index (χ1v) is 20.6. The molecule has 3 heterocycles. The van der Waals surface area contributed by atoms with Crippen LogP contribution < -0.4 is 0 Å². The number of imidazole rings is 1. The van der Waals surface area contributed by atoms with Gasteiger partial charge in [-0.3, -0.25) is 0 Å². The summed E-state index contributed by atoms with van der Waals surface area (Å²) in [6.07, 6.45) is 3.59. The molecule has 9 rings (SSSR count). The van der Waals surface area contributed by atoms with Crippen LogP contribution in [0.2, 0.25) is 0 Å². The van der Waals surface area contributed by atoms with Crippen LogP contribution in [-0.4, -0.2) is 46.0 Å². The number of nitrogens with zero attached hydrogens (tertiary/aromatic N) is 7. The molecule has 0 bridgehead atoms. The number of aliphatic hydroxyl groups excluding tert-OH is 1. The van der Waals surface area contributed by atoms with Gasteiger partial charge < -0.3 is 9.67 Å². The Balaban J connectivity index is 1.14. The molecule has 8 aromatic rings. The van der Waals surface area contributed by atoms with Crippen molar-refractivity contribution in [2.75, 3.05) is 0 Å². The minimum absolute atomic E-state index is 0.123. The number of hydrogen-bond acceptors (Lipinski definition) is 6. The van der Waals surface area contributed by atoms with E-state index < -0.39 is 11.6 Å². The Kier molecular flexibility index (Phi) is 10.0. The number of aliphatic hydroxyl groups is 1. The lowest BCUT2D eigenvalue weighted by molar-refractivity contribution is 0.148. The highest BCUT2D eigenvalue weighted by Gasteiger charge is 2.42. The molecule has 8 heteroatoms. The van der Waals surface area contributed by atoms with Crippen LogP contribution in [0.3, 0.4) is 0 Å². The smallest absolute Gasteiger partial charge is 0.184 e. The van der Waals surface area contributed by atoms with Crippen LogP contribution in [0.4, 0.5) is 0 Å². The van der Waals surface area contributed by atoms with E-state index in [0.29, 0.717) is 18.2 Å². The standard InChI is InChI=1S/C50H49N7O/c1-5-46-52-47-34(4)30-40(32-41(58)29-33(2)3)51-49(47)56(46)45-28-26-36-31-35(25-27-43(36)45)42-23-15-16-24-44(42)48-53-54-55-57(48)50(37-17-9-6-10-18-37,38-19-11-7-12-20-38)39-21-13-8-14-22-39/h6-25,27,30-31,33,41,45,58H,5,26,28-29,32H2,1-4H3. The molecule has 0 amide bonds. The topological polar surface area (TPSA) is 94.5 Å². The number of aromatic nitrogens is 7. The average Bonchev–Trinajstić information content (AvgIpc) is 4.00. The van der Waals surface area contributed by atoms with E-state index >= 15 is 0 Å². The summed E-state index contributed by atoms with van der Waals surface area (Å²) in [7, 11) is 0. The number of fused-ring (bicyclic) bond motifs is 2. The van der Waals surface area contributed by atoms with Crippen LogP contribution in [0, 0.1) is 12.8 Å². The van der Waals surface area contributed by atoms with Crippen LogP contribution in [0.15, 0.2) is 140 Å². The number of aryl methyl sites for hydroxylation is 3. The van der Waals surface area contributed by atoms with Gasteiger partial charge in [0.1, 0.15) is 16.9 Å². The van der Waals surface area contributed by atoms with Crippen molar-refractivity contribution in [2.24, 2.45) is 5.92 Å². The van der Waals surface area contributed by atoms with Crippen molar-refractivity contribution < 1.29 is 5.11 Å². The maximum atomic E-state index is 10.8. The molecule has 5 aromatic carbocycles. The van der Waals surface area contributed by atoms with Gasteiger partial charge in [0.2, 0.25) is 0 Å². The molecule has 1 aliphatic carbocycles. The van der Waals surface area contributed by atoms with E-state index in [0.717, 1.165) is 87.3 Å². The zero-order valence-electron chi connectivity index (χ0n) is 33.6. The van der Waals surface area contributed by atoms with E-state index in [9.17, 15) is 5.11 Å². The summed E-state index contributed by atoms with van der Waals surface area (Å²) in [4.78, 5) is 10.3. The lowest BCUT2D eigenvalue weighted by atomic mass is 9.77. The number of tetrazole rings is 1. The fraction of sp³-hybridized carbons (Fsp3) is 0.260. The number of rotatable bonds is 12. The zero-order valence-corrected chi connectivity index (χ0v) is 33.6. The summed E-state index contributed by atoms with van der Waals surface area (Å²) in [6.45, 7) is 8.58. The number of pyridine rings is 1. The maximum Gasteiger partial charge on any atom is 0.184 e. The largest absolute Gasteiger partial charge is 0.393 e. The molecule has 1 N–H and O–H groups in total. The van der Waals surface area contributed by atoms with Crippen molar-refractivity contribution in [1.29, 1.82) is 0 Å². The van der Waals surface area contributed by atoms with Crippen molar-refractivity contribution in [2.45, 2.75) is 77.5 Å². The number of benzene rings is 5. The SMILES string of the molecule is CCc1nc2c(C)cc(CC(O)CC(C)C)nc2n1C1CCc2cc(-c3ccccc3-c3nnnn3C(c3ccccc3)(c3ccccc3)c3ccccc3)ccc21. The highest BCUT2D eigenvalue weighted by atomic mass is 16.3. The van der Waals surface area contributed by atoms with Gasteiger partial charge >= 0.3 is 0 Å². The van der Waals surface area contributed by atoms with Gasteiger partial charge in [0.15, 0.2) is 11.5 Å². The quantitative estimate of drug-likeness (QED) is 0.125. The maximum absolute atomic E-state index is 10.8. The van der Waals surface area contributed by atoms with Crippen LogP contribution >= 0.6 is 0 Å². The molecule has 0 saturated heterocycles. The Morgan fingerprint density at radius 2 is 1.38 bits per heavy atom. The molecule has 0 saturated carbocycles. The molecule has 290 valence electrons. The van der Waals surface area contributed by atoms with Crippen LogP contribution in [-0.2, 0) is 24.8 Å². The first-order chi connectivity index (χ1) is 28.4. The van der Waals surface area contributed by atoms with Crippen LogP contribution in [0.1, 0.15) is 84.6 Å². The van der Waals surface area contributed by atoms with Gasteiger partial charge in [-0.25, -0.2) is 14.6 Å². The van der Waals surface area contributed by atoms with Gasteiger partial charge in [0.05, 0.1) is 12.1 Å². The summed E-state index contributed by atoms with van der Waals surface area (Å²) in [5.41, 5.74) is 12.0. The lowest BCUT2D eigenvalue weighted by Gasteiger charge is -2.36. The second kappa shape index (κ2) is 15.6. The van der Waals surface area contributed by atoms with Gasteiger partial charge in [-0.05, 0) is 93.1 Å². The van der Waals surface area contributed by atoms with E-state index in [4.69, 9.17) is 20.3 Å². The second-order valence-corrected chi connectivity index (χ2v) is 16.1. The first-order valence-electron chi connectivity index (χ1n) is 20.6. The van der Waals surface area contributed by atoms with E-state index in [2.05, 4.69) is 159 Å². The lowest BCUT2D eigenvalue weighted by Crippen LogP contribution is -2.39. The predicted octanol–water partition coefficient (Wildman–Crippen LogP) is 9.95. The van der Waals surface area contributed by atoms with E-state index in [1.165, 1.54) is 11.1 Å². The Morgan fingerprint density at radius 3 is 2.00 bits per heavy atom. The molecule has 58 heavy (non-hydrogen) atoms. The monoisotopic (exact) mass is 763 g/mol. The van der Waals surface area contributed by atoms with Gasteiger partial charge in [-0.15, -0.1) is 5.10 Å². The van der Waals surface area contributed by atoms with Gasteiger partial charge in [0.25, 0.3) is 0 Å². The summed E-state index contributed by atoms with van der Waals surface area (Å²) < 4.78 is 4.39. The van der Waals surface area contributed by atoms with Crippen LogP contribution in [0.25, 0.3) is 33.7 Å². The fourth-order valence-corrected chi connectivity index (χ4v) is 9.32. The second-order valence-electron chi connectivity index (χ2n) is 16.1. The molecule has 2 atom stereocenters. The molecule has 8 nitrogen and oxygen atoms in total. The molecule has 3 aromatic heterocycles. The van der Waals surface area contributed by atoms with Crippen molar-refractivity contribution in [1.82, 2.24) is 34.7 Å². The predicted molar refractivity (Wildman–Crippen MR) is 231 cm³/mol. The molecule has 1 aliphatic rings. The van der Waals surface area contributed by atoms with Gasteiger partial charge in [-0.1, -0.05) is 154 Å². The summed E-state index contributed by atoms with van der Waals surface area (Å²) in [5.74, 6) is 2.15. The molecular weight excluding hydrogens is 715 g/mol. The third kappa shape index (κ3) is 6.51. The van der Waals surface area contributed by atoms with Crippen molar-refractivity contribution in [3.63, 3.8) is 0 Å². The average molecular weight is 764 g/mol. The van der Waals surface area contributed by atoms with Gasteiger partial charge in [0, 0.05) is 24.1 Å². The minimum atomic E-state index is -0.857. The van der Waals surface area contributed by atoms with Crippen molar-refractivity contribution >= 4 is 11.2 Å². The van der Waals surface area contributed by atoms with Crippen LogP contribution in [0.5, 0.6) is 0 Å². The van der Waals surface area contributed by atoms with Gasteiger partial charge in [-0.2, -0.15) is 0 Å². The Hall–Kier alpha value is -6.25. The van der Waals surface area contributed by atoms with Crippen molar-refractivity contribution in [3.05, 3.63) is 184 Å². The summed E-state index contributed by atoms with van der Waals surface area (Å²) >= 11 is 0. The minimum Gasteiger partial charge on any atom is -0.393 e. The molecule has 0 spiro atoms. The first kappa shape index (κ1) is 37.3. The number of hydrogen-bond donors (Lipinski definition) is 1. The zero-order chi connectivity index (χ0) is 39.8. The van der Waals surface area contributed by atoms with Crippen molar-refractivity contribution in [3.8, 4) is 22.5 Å². The molecule has 2 unspecified atom stereocenters. The molecular formula is C50H49N7O. The molecule has 0 aliphatic heterocycles. The van der Waals surface area contributed by atoms with E-state index in [-0.39, 0.29) is 6.04 Å². The molecule has 0 radical (unpaired) electrons. The third-order valence-electron chi connectivity index (χ3n) is 11.8. The summed E-state index contributed by atoms with van der Waals surface area (Å²) in [5, 5.41) is 24.9. The highest BCUT2D eigenvalue weighted by Crippen LogP contribution is 2.45. The van der Waals surface area contributed by atoms with E-state index in [1.807, 2.05) is 22.9 Å². The highest BCUT2D eigenvalue weighted by molar-refractivity contribution is 5.82. The Morgan fingerprint density at radius 1 is 0.759 bits per heavy atom.